The predicted molar refractivity (Wildman–Crippen MR) is 100 cm³/mol. The van der Waals surface area contributed by atoms with Crippen LogP contribution in [0.3, 0.4) is 0 Å². The Bertz CT molecular complexity index is 746. The van der Waals surface area contributed by atoms with Crippen LogP contribution in [-0.2, 0) is 11.3 Å². The number of nitrogens with two attached hydrogens (primary N) is 1. The summed E-state index contributed by atoms with van der Waals surface area (Å²) >= 11 is 1.57. The number of hydrogen-bond donors (Lipinski definition) is 2. The van der Waals surface area contributed by atoms with Gasteiger partial charge in [0.05, 0.1) is 5.37 Å². The molecule has 1 aliphatic carbocycles. The Hall–Kier alpha value is -1.78. The highest BCUT2D eigenvalue weighted by atomic mass is 32.2. The van der Waals surface area contributed by atoms with Crippen LogP contribution in [0.25, 0.3) is 0 Å². The highest BCUT2D eigenvalue weighted by Gasteiger charge is 2.38. The van der Waals surface area contributed by atoms with Crippen LogP contribution in [0.4, 0.5) is 4.39 Å². The Morgan fingerprint density at radius 2 is 2.12 bits per heavy atom. The summed E-state index contributed by atoms with van der Waals surface area (Å²) in [5.74, 6) is -0.251. The van der Waals surface area contributed by atoms with E-state index in [4.69, 9.17) is 5.73 Å². The van der Waals surface area contributed by atoms with Gasteiger partial charge in [-0.3, -0.25) is 0 Å². The van der Waals surface area contributed by atoms with Crippen LogP contribution in [0.15, 0.2) is 55.2 Å². The van der Waals surface area contributed by atoms with E-state index in [1.54, 1.807) is 24.0 Å². The van der Waals surface area contributed by atoms with Crippen molar-refractivity contribution in [1.82, 2.24) is 5.32 Å². The van der Waals surface area contributed by atoms with Crippen molar-refractivity contribution in [3.63, 3.8) is 0 Å². The largest absolute Gasteiger partial charge is 0.373 e. The second-order valence-corrected chi connectivity index (χ2v) is 7.69. The number of thioether (sulfide) groups is 1. The molecule has 0 bridgehead atoms. The molecule has 3 N–H and O–H groups in total. The topological polar surface area (TPSA) is 38.0 Å². The SMILES string of the molecule is C=CNC1(SC(N)c2cc(C)ccc2F)CCCc2ccccc21. The summed E-state index contributed by atoms with van der Waals surface area (Å²) in [5, 5.41) is 2.96. The Kier molecular flexibility index (Phi) is 4.97. The van der Waals surface area contributed by atoms with Gasteiger partial charge >= 0.3 is 0 Å². The van der Waals surface area contributed by atoms with Crippen LogP contribution in [0.1, 0.15) is 40.5 Å². The van der Waals surface area contributed by atoms with Gasteiger partial charge in [0.1, 0.15) is 10.7 Å². The Morgan fingerprint density at radius 3 is 2.92 bits per heavy atom. The summed E-state index contributed by atoms with van der Waals surface area (Å²) in [6.07, 6.45) is 4.77. The van der Waals surface area contributed by atoms with E-state index in [0.29, 0.717) is 5.56 Å². The Labute approximate surface area is 147 Å². The van der Waals surface area contributed by atoms with E-state index >= 15 is 0 Å². The van der Waals surface area contributed by atoms with E-state index < -0.39 is 5.37 Å². The molecule has 0 aromatic heterocycles. The third-order valence-electron chi connectivity index (χ3n) is 4.55. The standard InChI is InChI=1S/C20H23FN2S/c1-3-23-20(12-6-8-15-7-4-5-9-17(15)20)24-19(22)16-13-14(2)10-11-18(16)21/h3-5,7,9-11,13,19,23H,1,6,8,12,22H2,2H3. The zero-order valence-corrected chi connectivity index (χ0v) is 14.7. The van der Waals surface area contributed by atoms with Crippen LogP contribution in [0, 0.1) is 12.7 Å². The molecular weight excluding hydrogens is 319 g/mol. The van der Waals surface area contributed by atoms with Gasteiger partial charge in [-0.05, 0) is 49.6 Å². The van der Waals surface area contributed by atoms with Crippen molar-refractivity contribution in [1.29, 1.82) is 0 Å². The fourth-order valence-corrected chi connectivity index (χ4v) is 4.91. The first kappa shape index (κ1) is 17.1. The molecule has 2 atom stereocenters. The highest BCUT2D eigenvalue weighted by Crippen LogP contribution is 2.48. The molecule has 0 fully saturated rings. The third-order valence-corrected chi connectivity index (χ3v) is 6.00. The van der Waals surface area contributed by atoms with Crippen molar-refractivity contribution in [3.05, 3.63) is 83.3 Å². The number of nitrogens with one attached hydrogen (secondary N) is 1. The van der Waals surface area contributed by atoms with E-state index in [1.807, 2.05) is 19.1 Å². The van der Waals surface area contributed by atoms with Gasteiger partial charge in [0.25, 0.3) is 0 Å². The molecule has 4 heteroatoms. The van der Waals surface area contributed by atoms with Crippen LogP contribution < -0.4 is 11.1 Å². The van der Waals surface area contributed by atoms with Gasteiger partial charge in [-0.15, -0.1) is 11.8 Å². The van der Waals surface area contributed by atoms with Crippen molar-refractivity contribution in [2.24, 2.45) is 5.73 Å². The summed E-state index contributed by atoms with van der Waals surface area (Å²) in [5.41, 5.74) is 10.5. The van der Waals surface area contributed by atoms with Crippen LogP contribution in [-0.4, -0.2) is 0 Å². The minimum Gasteiger partial charge on any atom is -0.373 e. The molecule has 0 heterocycles. The molecule has 126 valence electrons. The zero-order valence-electron chi connectivity index (χ0n) is 13.9. The number of fused-ring (bicyclic) bond motifs is 1. The molecule has 2 unspecified atom stereocenters. The number of halogens is 1. The Balaban J connectivity index is 1.98. The predicted octanol–water partition coefficient (Wildman–Crippen LogP) is 4.75. The molecule has 0 radical (unpaired) electrons. The molecule has 2 aromatic carbocycles. The molecule has 24 heavy (non-hydrogen) atoms. The molecule has 1 aliphatic rings. The second-order valence-electron chi connectivity index (χ2n) is 6.25. The first-order valence-electron chi connectivity index (χ1n) is 8.22. The minimum atomic E-state index is -0.455. The summed E-state index contributed by atoms with van der Waals surface area (Å²) in [6, 6.07) is 13.5. The van der Waals surface area contributed by atoms with Gasteiger partial charge in [-0.1, -0.05) is 48.5 Å². The van der Waals surface area contributed by atoms with Crippen molar-refractivity contribution in [2.45, 2.75) is 36.4 Å². The molecule has 3 rings (SSSR count). The number of hydrogen-bond acceptors (Lipinski definition) is 3. The first-order valence-corrected chi connectivity index (χ1v) is 9.10. The summed E-state index contributed by atoms with van der Waals surface area (Å²) in [4.78, 5) is -0.369. The average Bonchev–Trinajstić information content (AvgIpc) is 2.57. The van der Waals surface area contributed by atoms with E-state index in [9.17, 15) is 4.39 Å². The van der Waals surface area contributed by atoms with Crippen molar-refractivity contribution in [2.75, 3.05) is 0 Å². The maximum atomic E-state index is 14.2. The van der Waals surface area contributed by atoms with Gasteiger partial charge in [0.2, 0.25) is 0 Å². The van der Waals surface area contributed by atoms with Gasteiger partial charge in [-0.2, -0.15) is 0 Å². The number of rotatable bonds is 5. The maximum Gasteiger partial charge on any atom is 0.128 e. The lowest BCUT2D eigenvalue weighted by molar-refractivity contribution is 0.462. The van der Waals surface area contributed by atoms with Gasteiger partial charge in [0, 0.05) is 5.56 Å². The lowest BCUT2D eigenvalue weighted by Gasteiger charge is -2.40. The van der Waals surface area contributed by atoms with Gasteiger partial charge in [-0.25, -0.2) is 4.39 Å². The molecule has 0 aliphatic heterocycles. The number of benzene rings is 2. The lowest BCUT2D eigenvalue weighted by Crippen LogP contribution is -2.40. The molecule has 0 amide bonds. The molecule has 2 nitrogen and oxygen atoms in total. The second kappa shape index (κ2) is 6.99. The van der Waals surface area contributed by atoms with Crippen molar-refractivity contribution in [3.8, 4) is 0 Å². The highest BCUT2D eigenvalue weighted by molar-refractivity contribution is 8.00. The number of aryl methyl sites for hydroxylation is 2. The molecule has 0 spiro atoms. The third kappa shape index (κ3) is 3.21. The fourth-order valence-electron chi connectivity index (χ4n) is 3.43. The van der Waals surface area contributed by atoms with Crippen LogP contribution >= 0.6 is 11.8 Å². The first-order chi connectivity index (χ1) is 11.6. The van der Waals surface area contributed by atoms with E-state index in [2.05, 4.69) is 30.1 Å². The monoisotopic (exact) mass is 342 g/mol. The summed E-state index contributed by atoms with van der Waals surface area (Å²) in [6.45, 7) is 5.80. The lowest BCUT2D eigenvalue weighted by atomic mass is 9.87. The molecule has 0 saturated heterocycles. The fraction of sp³-hybridized carbons (Fsp3) is 0.300. The molecular formula is C20H23FN2S. The summed E-state index contributed by atoms with van der Waals surface area (Å²) in [7, 11) is 0. The zero-order chi connectivity index (χ0) is 17.2. The normalized spacial score (nSPS) is 21.0. The van der Waals surface area contributed by atoms with E-state index in [1.165, 1.54) is 17.2 Å². The Morgan fingerprint density at radius 1 is 1.33 bits per heavy atom. The van der Waals surface area contributed by atoms with E-state index in [0.717, 1.165) is 24.8 Å². The molecule has 2 aromatic rings. The van der Waals surface area contributed by atoms with E-state index in [-0.39, 0.29) is 10.7 Å². The quantitative estimate of drug-likeness (QED) is 0.770. The average molecular weight is 342 g/mol. The van der Waals surface area contributed by atoms with Crippen molar-refractivity contribution >= 4 is 11.8 Å². The minimum absolute atomic E-state index is 0.251. The van der Waals surface area contributed by atoms with Gasteiger partial charge < -0.3 is 11.1 Å². The smallest absolute Gasteiger partial charge is 0.128 e. The van der Waals surface area contributed by atoms with Gasteiger partial charge in [0.15, 0.2) is 0 Å². The van der Waals surface area contributed by atoms with Crippen molar-refractivity contribution < 1.29 is 4.39 Å². The van der Waals surface area contributed by atoms with Crippen LogP contribution in [0.5, 0.6) is 0 Å². The maximum absolute atomic E-state index is 14.2. The summed E-state index contributed by atoms with van der Waals surface area (Å²) < 4.78 is 14.2. The molecule has 0 saturated carbocycles. The van der Waals surface area contributed by atoms with Crippen LogP contribution in [0.2, 0.25) is 0 Å².